The van der Waals surface area contributed by atoms with Crippen LogP contribution in [-0.4, -0.2) is 52.9 Å². The summed E-state index contributed by atoms with van der Waals surface area (Å²) < 4.78 is 33.0. The van der Waals surface area contributed by atoms with Gasteiger partial charge >= 0.3 is 0 Å². The normalized spacial score (nSPS) is 11.8. The van der Waals surface area contributed by atoms with Crippen molar-refractivity contribution in [3.05, 3.63) is 65.7 Å². The maximum Gasteiger partial charge on any atom is 0.191 e. The zero-order valence-corrected chi connectivity index (χ0v) is 26.8. The van der Waals surface area contributed by atoms with Gasteiger partial charge in [0, 0.05) is 40.6 Å². The van der Waals surface area contributed by atoms with Crippen molar-refractivity contribution in [1.82, 2.24) is 9.97 Å². The Morgan fingerprint density at radius 1 is 0.900 bits per heavy atom. The van der Waals surface area contributed by atoms with E-state index in [1.54, 1.807) is 11.0 Å². The summed E-state index contributed by atoms with van der Waals surface area (Å²) in [5.74, 6) is 0.228. The average molecular weight is 581 g/mol. The topological polar surface area (TPSA) is 80.5 Å². The molecule has 7 nitrogen and oxygen atoms in total. The van der Waals surface area contributed by atoms with Crippen LogP contribution in [0.2, 0.25) is 51.4 Å². The molecular formula is C30H41FN4O3Si2. The number of aryl methyl sites for hydroxylation is 1. The molecule has 0 spiro atoms. The van der Waals surface area contributed by atoms with E-state index >= 15 is 0 Å². The zero-order chi connectivity index (χ0) is 29.3. The van der Waals surface area contributed by atoms with Crippen LogP contribution in [0.3, 0.4) is 0 Å². The molecule has 0 fully saturated rings. The summed E-state index contributed by atoms with van der Waals surface area (Å²) in [6, 6.07) is 16.3. The van der Waals surface area contributed by atoms with Gasteiger partial charge in [-0.15, -0.1) is 0 Å². The van der Waals surface area contributed by atoms with Crippen LogP contribution < -0.4 is 9.64 Å². The lowest BCUT2D eigenvalue weighted by Gasteiger charge is -2.27. The van der Waals surface area contributed by atoms with Gasteiger partial charge in [0.1, 0.15) is 30.6 Å². The highest BCUT2D eigenvalue weighted by Gasteiger charge is 2.23. The predicted molar refractivity (Wildman–Crippen MR) is 164 cm³/mol. The molecule has 0 saturated carbocycles. The van der Waals surface area contributed by atoms with E-state index in [9.17, 15) is 9.65 Å². The summed E-state index contributed by atoms with van der Waals surface area (Å²) in [4.78, 5) is 10.9. The second-order valence-electron chi connectivity index (χ2n) is 12.3. The van der Waals surface area contributed by atoms with Gasteiger partial charge in [0.15, 0.2) is 18.4 Å². The van der Waals surface area contributed by atoms with Crippen LogP contribution in [0.4, 0.5) is 15.9 Å². The van der Waals surface area contributed by atoms with Crippen molar-refractivity contribution in [2.75, 3.05) is 31.6 Å². The van der Waals surface area contributed by atoms with Crippen molar-refractivity contribution in [3.63, 3.8) is 0 Å². The fourth-order valence-corrected chi connectivity index (χ4v) is 5.21. The second-order valence-corrected chi connectivity index (χ2v) is 23.5. The van der Waals surface area contributed by atoms with E-state index < -0.39 is 22.0 Å². The maximum absolute atomic E-state index is 14.8. The molecular weight excluding hydrogens is 540 g/mol. The summed E-state index contributed by atoms with van der Waals surface area (Å²) in [5, 5.41) is 9.26. The molecule has 0 atom stereocenters. The van der Waals surface area contributed by atoms with E-state index in [1.807, 2.05) is 37.3 Å². The van der Waals surface area contributed by atoms with Crippen molar-refractivity contribution in [2.24, 2.45) is 0 Å². The Morgan fingerprint density at radius 3 is 2.15 bits per heavy atom. The Morgan fingerprint density at radius 2 is 1.55 bits per heavy atom. The van der Waals surface area contributed by atoms with Crippen molar-refractivity contribution >= 4 is 27.7 Å². The first-order valence-corrected chi connectivity index (χ1v) is 21.0. The van der Waals surface area contributed by atoms with Crippen LogP contribution >= 0.6 is 0 Å². The van der Waals surface area contributed by atoms with Gasteiger partial charge in [-0.05, 0) is 37.2 Å². The third-order valence-corrected chi connectivity index (χ3v) is 9.66. The fourth-order valence-electron chi connectivity index (χ4n) is 3.70. The number of benzene rings is 2. The minimum atomic E-state index is -1.32. The van der Waals surface area contributed by atoms with Crippen LogP contribution in [0.1, 0.15) is 11.1 Å². The highest BCUT2D eigenvalue weighted by molar-refractivity contribution is 6.76. The van der Waals surface area contributed by atoms with Gasteiger partial charge in [-0.2, -0.15) is 5.26 Å². The van der Waals surface area contributed by atoms with Crippen LogP contribution in [-0.2, 0) is 9.47 Å². The molecule has 3 rings (SSSR count). The number of hydrogen-bond acceptors (Lipinski definition) is 7. The van der Waals surface area contributed by atoms with Gasteiger partial charge in [0.05, 0.1) is 5.56 Å². The highest BCUT2D eigenvalue weighted by atomic mass is 28.3. The van der Waals surface area contributed by atoms with E-state index in [0.29, 0.717) is 36.2 Å². The fraction of sp³-hybridized carbons (Fsp3) is 0.433. The minimum Gasteiger partial charge on any atom is -0.461 e. The van der Waals surface area contributed by atoms with Gasteiger partial charge in [0.2, 0.25) is 0 Å². The van der Waals surface area contributed by atoms with Gasteiger partial charge in [0.25, 0.3) is 0 Å². The van der Waals surface area contributed by atoms with E-state index in [1.165, 1.54) is 18.5 Å². The Kier molecular flexibility index (Phi) is 11.0. The summed E-state index contributed by atoms with van der Waals surface area (Å²) in [6.45, 7) is 17.1. The number of hydrogen-bond donors (Lipinski definition) is 0. The molecule has 0 bridgehead atoms. The SMILES string of the molecule is Cc1ccc(-c2ncnc(N(COCC[Si](C)(C)C)c3ccc(C#N)c(F)c3)c2OCOCC[Si](C)(C)C)cc1. The summed E-state index contributed by atoms with van der Waals surface area (Å²) >= 11 is 0. The third-order valence-electron chi connectivity index (χ3n) is 6.25. The van der Waals surface area contributed by atoms with E-state index in [0.717, 1.165) is 23.2 Å². The summed E-state index contributed by atoms with van der Waals surface area (Å²) in [6.07, 6.45) is 1.47. The number of anilines is 2. The molecule has 0 N–H and O–H groups in total. The summed E-state index contributed by atoms with van der Waals surface area (Å²) in [5.41, 5.74) is 3.04. The number of nitrogens with zero attached hydrogens (tertiary/aromatic N) is 4. The Balaban J connectivity index is 2.02. The van der Waals surface area contributed by atoms with Gasteiger partial charge < -0.3 is 14.2 Å². The smallest absolute Gasteiger partial charge is 0.191 e. The van der Waals surface area contributed by atoms with E-state index in [2.05, 4.69) is 49.3 Å². The lowest BCUT2D eigenvalue weighted by molar-refractivity contribution is 0.0221. The number of nitriles is 1. The molecule has 1 aromatic heterocycles. The number of aromatic nitrogens is 2. The monoisotopic (exact) mass is 580 g/mol. The number of ether oxygens (including phenoxy) is 3. The van der Waals surface area contributed by atoms with Crippen molar-refractivity contribution in [2.45, 2.75) is 58.3 Å². The lowest BCUT2D eigenvalue weighted by Crippen LogP contribution is -2.27. The average Bonchev–Trinajstić information content (AvgIpc) is 2.88. The van der Waals surface area contributed by atoms with Gasteiger partial charge in [-0.25, -0.2) is 14.4 Å². The third kappa shape index (κ3) is 9.52. The van der Waals surface area contributed by atoms with Crippen LogP contribution in [0, 0.1) is 24.1 Å². The molecule has 0 unspecified atom stereocenters. The largest absolute Gasteiger partial charge is 0.461 e. The van der Waals surface area contributed by atoms with Gasteiger partial charge in [-0.1, -0.05) is 69.1 Å². The second kappa shape index (κ2) is 14.0. The van der Waals surface area contributed by atoms with Gasteiger partial charge in [-0.3, -0.25) is 4.90 Å². The van der Waals surface area contributed by atoms with Crippen molar-refractivity contribution < 1.29 is 18.6 Å². The Bertz CT molecular complexity index is 1300. The molecule has 0 saturated heterocycles. The first-order valence-electron chi connectivity index (χ1n) is 13.6. The molecule has 0 aliphatic carbocycles. The molecule has 1 heterocycles. The predicted octanol–water partition coefficient (Wildman–Crippen LogP) is 7.60. The minimum absolute atomic E-state index is 0.0236. The van der Waals surface area contributed by atoms with Crippen LogP contribution in [0.15, 0.2) is 48.8 Å². The van der Waals surface area contributed by atoms with Crippen molar-refractivity contribution in [3.8, 4) is 23.1 Å². The highest BCUT2D eigenvalue weighted by Crippen LogP contribution is 2.39. The standard InChI is InChI=1S/C30H41FN4O3Si2/c1-23-8-10-24(11-9-23)28-29(38-22-37-15-17-40(5,6)7)30(34-20-33-28)35(21-36-14-16-39(2,3)4)26-13-12-25(19-32)27(31)18-26/h8-13,18,20H,14-17,21-22H2,1-7H3. The molecule has 0 aliphatic heterocycles. The lowest BCUT2D eigenvalue weighted by atomic mass is 10.1. The van der Waals surface area contributed by atoms with Crippen LogP contribution in [0.5, 0.6) is 5.75 Å². The Labute approximate surface area is 240 Å². The Hall–Kier alpha value is -3.11. The molecule has 0 amide bonds. The molecule has 0 radical (unpaired) electrons. The quantitative estimate of drug-likeness (QED) is 0.110. The molecule has 40 heavy (non-hydrogen) atoms. The number of rotatable bonds is 14. The molecule has 3 aromatic rings. The summed E-state index contributed by atoms with van der Waals surface area (Å²) in [7, 11) is -2.58. The maximum atomic E-state index is 14.8. The van der Waals surface area contributed by atoms with E-state index in [-0.39, 0.29) is 19.1 Å². The van der Waals surface area contributed by atoms with E-state index in [4.69, 9.17) is 14.2 Å². The van der Waals surface area contributed by atoms with Crippen molar-refractivity contribution in [1.29, 1.82) is 5.26 Å². The van der Waals surface area contributed by atoms with Crippen LogP contribution in [0.25, 0.3) is 11.3 Å². The zero-order valence-electron chi connectivity index (χ0n) is 24.8. The molecule has 214 valence electrons. The first kappa shape index (κ1) is 31.4. The molecule has 10 heteroatoms. The number of halogens is 1. The molecule has 2 aromatic carbocycles. The first-order chi connectivity index (χ1) is 18.9. The molecule has 0 aliphatic rings.